The van der Waals surface area contributed by atoms with Crippen LogP contribution in [-0.4, -0.2) is 63.9 Å². The van der Waals surface area contributed by atoms with Crippen LogP contribution in [-0.2, 0) is 14.3 Å². The highest BCUT2D eigenvalue weighted by molar-refractivity contribution is 5.92. The fourth-order valence-electron chi connectivity index (χ4n) is 4.08. The lowest BCUT2D eigenvalue weighted by Gasteiger charge is -2.34. The quantitative estimate of drug-likeness (QED) is 0.253. The SMILES string of the molecule is CCCCCCCN(C(=O)C(CO)NC(=O)OC(C)(C)C)C(C(=O)NC(C)CCC)c1cccc(O)c1. The van der Waals surface area contributed by atoms with E-state index in [0.29, 0.717) is 12.0 Å². The Morgan fingerprint density at radius 1 is 1.03 bits per heavy atom. The number of unbranched alkanes of at least 4 members (excludes halogenated alkanes) is 4. The fraction of sp³-hybridized carbons (Fsp3) is 0.679. The van der Waals surface area contributed by atoms with E-state index in [9.17, 15) is 24.6 Å². The van der Waals surface area contributed by atoms with E-state index in [1.54, 1.807) is 32.9 Å². The molecule has 0 fully saturated rings. The highest BCUT2D eigenvalue weighted by Gasteiger charge is 2.36. The predicted molar refractivity (Wildman–Crippen MR) is 144 cm³/mol. The largest absolute Gasteiger partial charge is 0.508 e. The highest BCUT2D eigenvalue weighted by Crippen LogP contribution is 2.26. The van der Waals surface area contributed by atoms with Gasteiger partial charge in [0.2, 0.25) is 11.8 Å². The number of rotatable bonds is 15. The van der Waals surface area contributed by atoms with E-state index < -0.39 is 36.3 Å². The van der Waals surface area contributed by atoms with E-state index in [2.05, 4.69) is 17.6 Å². The molecule has 1 aromatic carbocycles. The van der Waals surface area contributed by atoms with Gasteiger partial charge in [-0.1, -0.05) is 58.1 Å². The minimum atomic E-state index is -1.30. The second-order valence-electron chi connectivity index (χ2n) is 10.5. The summed E-state index contributed by atoms with van der Waals surface area (Å²) in [4.78, 5) is 41.1. The van der Waals surface area contributed by atoms with Gasteiger partial charge in [-0.2, -0.15) is 0 Å². The molecule has 37 heavy (non-hydrogen) atoms. The average Bonchev–Trinajstić information content (AvgIpc) is 2.80. The summed E-state index contributed by atoms with van der Waals surface area (Å²) in [6.07, 6.45) is 5.45. The number of carbonyl (C=O) groups excluding carboxylic acids is 3. The molecule has 3 amide bonds. The van der Waals surface area contributed by atoms with E-state index in [0.717, 1.165) is 38.5 Å². The van der Waals surface area contributed by atoms with Gasteiger partial charge in [0.25, 0.3) is 0 Å². The van der Waals surface area contributed by atoms with Crippen molar-refractivity contribution >= 4 is 17.9 Å². The minimum absolute atomic E-state index is 0.0298. The number of carbonyl (C=O) groups is 3. The molecule has 1 rings (SSSR count). The van der Waals surface area contributed by atoms with Gasteiger partial charge in [0.15, 0.2) is 0 Å². The van der Waals surface area contributed by atoms with Gasteiger partial charge in [0.05, 0.1) is 6.61 Å². The Hall–Kier alpha value is -2.81. The Bertz CT molecular complexity index is 855. The lowest BCUT2D eigenvalue weighted by Crippen LogP contribution is -2.55. The third-order valence-corrected chi connectivity index (χ3v) is 5.81. The summed E-state index contributed by atoms with van der Waals surface area (Å²) in [6, 6.07) is 3.78. The molecule has 0 aromatic heterocycles. The molecule has 0 spiro atoms. The molecule has 9 heteroatoms. The van der Waals surface area contributed by atoms with Crippen LogP contribution < -0.4 is 10.6 Å². The first-order chi connectivity index (χ1) is 17.4. The average molecular weight is 522 g/mol. The summed E-state index contributed by atoms with van der Waals surface area (Å²) >= 11 is 0. The standard InChI is InChI=1S/C28H47N3O6/c1-7-9-10-11-12-17-31(26(35)23(19-32)30-27(36)37-28(4,5)6)24(21-15-13-16-22(33)18-21)25(34)29-20(3)14-8-2/h13,15-16,18,20,23-24,32-33H,7-12,14,17,19H2,1-6H3,(H,29,34)(H,30,36). The van der Waals surface area contributed by atoms with Gasteiger partial charge in [-0.25, -0.2) is 4.79 Å². The van der Waals surface area contributed by atoms with Crippen molar-refractivity contribution in [1.29, 1.82) is 0 Å². The summed E-state index contributed by atoms with van der Waals surface area (Å²) in [5.74, 6) is -1.02. The molecule has 3 atom stereocenters. The highest BCUT2D eigenvalue weighted by atomic mass is 16.6. The maximum atomic E-state index is 13.8. The molecule has 4 N–H and O–H groups in total. The van der Waals surface area contributed by atoms with Gasteiger partial charge in [-0.3, -0.25) is 9.59 Å². The number of benzene rings is 1. The van der Waals surface area contributed by atoms with E-state index in [4.69, 9.17) is 4.74 Å². The van der Waals surface area contributed by atoms with Crippen LogP contribution in [0.15, 0.2) is 24.3 Å². The van der Waals surface area contributed by atoms with E-state index in [1.165, 1.54) is 17.0 Å². The normalized spacial score (nSPS) is 13.8. The Morgan fingerprint density at radius 3 is 2.27 bits per heavy atom. The number of amides is 3. The number of aliphatic hydroxyl groups is 1. The number of phenolic OH excluding ortho intramolecular Hbond substituents is 1. The van der Waals surface area contributed by atoms with Crippen LogP contribution >= 0.6 is 0 Å². The fourth-order valence-corrected chi connectivity index (χ4v) is 4.08. The smallest absolute Gasteiger partial charge is 0.408 e. The summed E-state index contributed by atoms with van der Waals surface area (Å²) in [5.41, 5.74) is -0.344. The molecule has 0 heterocycles. The minimum Gasteiger partial charge on any atom is -0.508 e. The van der Waals surface area contributed by atoms with Crippen molar-refractivity contribution in [2.45, 2.75) is 110 Å². The predicted octanol–water partition coefficient (Wildman–Crippen LogP) is 4.42. The third-order valence-electron chi connectivity index (χ3n) is 5.81. The molecule has 210 valence electrons. The summed E-state index contributed by atoms with van der Waals surface area (Å²) in [6.45, 7) is 10.7. The molecule has 0 saturated heterocycles. The number of aromatic hydroxyl groups is 1. The van der Waals surface area contributed by atoms with Gasteiger partial charge >= 0.3 is 6.09 Å². The Kier molecular flexibility index (Phi) is 14.0. The van der Waals surface area contributed by atoms with Crippen LogP contribution in [0.1, 0.15) is 98.1 Å². The molecule has 0 saturated carbocycles. The monoisotopic (exact) mass is 521 g/mol. The Labute approximate surface area is 222 Å². The summed E-state index contributed by atoms with van der Waals surface area (Å²) < 4.78 is 5.27. The van der Waals surface area contributed by atoms with Gasteiger partial charge in [-0.05, 0) is 58.2 Å². The molecule has 3 unspecified atom stereocenters. The second-order valence-corrected chi connectivity index (χ2v) is 10.5. The van der Waals surface area contributed by atoms with Crippen molar-refractivity contribution in [1.82, 2.24) is 15.5 Å². The number of alkyl carbamates (subject to hydrolysis) is 1. The zero-order valence-electron chi connectivity index (χ0n) is 23.4. The first-order valence-electron chi connectivity index (χ1n) is 13.4. The molecule has 1 aromatic rings. The van der Waals surface area contributed by atoms with Crippen LogP contribution in [0, 0.1) is 0 Å². The lowest BCUT2D eigenvalue weighted by atomic mass is 10.0. The zero-order chi connectivity index (χ0) is 28.0. The number of hydrogen-bond acceptors (Lipinski definition) is 6. The van der Waals surface area contributed by atoms with Crippen LogP contribution in [0.3, 0.4) is 0 Å². The molecular weight excluding hydrogens is 474 g/mol. The van der Waals surface area contributed by atoms with E-state index in [-0.39, 0.29) is 24.2 Å². The second kappa shape index (κ2) is 16.1. The Morgan fingerprint density at radius 2 is 1.70 bits per heavy atom. The number of nitrogens with zero attached hydrogens (tertiary/aromatic N) is 1. The lowest BCUT2D eigenvalue weighted by molar-refractivity contribution is -0.143. The summed E-state index contributed by atoms with van der Waals surface area (Å²) in [5, 5.41) is 25.6. The first kappa shape index (κ1) is 32.2. The van der Waals surface area contributed by atoms with Crippen molar-refractivity contribution < 1.29 is 29.3 Å². The van der Waals surface area contributed by atoms with E-state index >= 15 is 0 Å². The van der Waals surface area contributed by atoms with Crippen LogP contribution in [0.2, 0.25) is 0 Å². The van der Waals surface area contributed by atoms with Crippen LogP contribution in [0.4, 0.5) is 4.79 Å². The van der Waals surface area contributed by atoms with Crippen molar-refractivity contribution in [3.8, 4) is 5.75 Å². The molecule has 0 radical (unpaired) electrons. The summed E-state index contributed by atoms with van der Waals surface area (Å²) in [7, 11) is 0. The maximum Gasteiger partial charge on any atom is 0.408 e. The molecule has 0 aliphatic rings. The van der Waals surface area contributed by atoms with Crippen molar-refractivity contribution in [2.75, 3.05) is 13.2 Å². The molecule has 0 aliphatic carbocycles. The number of nitrogens with one attached hydrogen (secondary N) is 2. The van der Waals surface area contributed by atoms with Gasteiger partial charge in [0, 0.05) is 12.6 Å². The van der Waals surface area contributed by atoms with Crippen LogP contribution in [0.25, 0.3) is 0 Å². The molecule has 9 nitrogen and oxygen atoms in total. The van der Waals surface area contributed by atoms with Crippen molar-refractivity contribution in [3.63, 3.8) is 0 Å². The Balaban J connectivity index is 3.37. The molecular formula is C28H47N3O6. The first-order valence-corrected chi connectivity index (χ1v) is 13.4. The van der Waals surface area contributed by atoms with Gasteiger partial charge in [0.1, 0.15) is 23.4 Å². The number of phenols is 1. The topological polar surface area (TPSA) is 128 Å². The van der Waals surface area contributed by atoms with Crippen LogP contribution in [0.5, 0.6) is 5.75 Å². The van der Waals surface area contributed by atoms with Crippen molar-refractivity contribution in [2.24, 2.45) is 0 Å². The molecule has 0 bridgehead atoms. The number of aliphatic hydroxyl groups excluding tert-OH is 1. The van der Waals surface area contributed by atoms with Gasteiger partial charge in [-0.15, -0.1) is 0 Å². The number of hydrogen-bond donors (Lipinski definition) is 4. The zero-order valence-corrected chi connectivity index (χ0v) is 23.4. The number of ether oxygens (including phenoxy) is 1. The van der Waals surface area contributed by atoms with Crippen molar-refractivity contribution in [3.05, 3.63) is 29.8 Å². The van der Waals surface area contributed by atoms with E-state index in [1.807, 2.05) is 13.8 Å². The third kappa shape index (κ3) is 11.9. The van der Waals surface area contributed by atoms with Gasteiger partial charge < -0.3 is 30.5 Å². The maximum absolute atomic E-state index is 13.8. The molecule has 0 aliphatic heterocycles.